The van der Waals surface area contributed by atoms with Crippen molar-refractivity contribution >= 4 is 15.7 Å². The van der Waals surface area contributed by atoms with Crippen LogP contribution < -0.4 is 9.04 Å². The summed E-state index contributed by atoms with van der Waals surface area (Å²) in [7, 11) is -2.21. The van der Waals surface area contributed by atoms with Crippen LogP contribution in [0.3, 0.4) is 0 Å². The van der Waals surface area contributed by atoms with E-state index in [1.807, 2.05) is 37.3 Å². The molecular weight excluding hydrogens is 386 g/mol. The van der Waals surface area contributed by atoms with Crippen molar-refractivity contribution in [2.75, 3.05) is 11.4 Å². The number of fused-ring (bicyclic) bond motifs is 3. The minimum Gasteiger partial charge on any atom is -0.497 e. The van der Waals surface area contributed by atoms with Gasteiger partial charge < -0.3 is 9.47 Å². The third-order valence-corrected chi connectivity index (χ3v) is 8.83. The first-order chi connectivity index (χ1) is 13.8. The van der Waals surface area contributed by atoms with E-state index in [0.717, 1.165) is 23.1 Å². The Bertz CT molecular complexity index is 1120. The number of methoxy groups -OCH3 is 1. The van der Waals surface area contributed by atoms with Crippen molar-refractivity contribution in [1.82, 2.24) is 0 Å². The maximum absolute atomic E-state index is 13.9. The fraction of sp³-hybridized carbons (Fsp3) is 0.391. The van der Waals surface area contributed by atoms with E-state index in [0.29, 0.717) is 24.3 Å². The van der Waals surface area contributed by atoms with E-state index in [9.17, 15) is 8.42 Å². The fourth-order valence-corrected chi connectivity index (χ4v) is 7.45. The summed E-state index contributed by atoms with van der Waals surface area (Å²) >= 11 is 0. The Balaban J connectivity index is 1.81. The van der Waals surface area contributed by atoms with Crippen molar-refractivity contribution in [3.8, 4) is 5.75 Å². The maximum atomic E-state index is 13.9. The maximum Gasteiger partial charge on any atom is 0.266 e. The Kier molecular flexibility index (Phi) is 3.78. The first-order valence-corrected chi connectivity index (χ1v) is 11.4. The van der Waals surface area contributed by atoms with Crippen molar-refractivity contribution in [1.29, 1.82) is 0 Å². The molecule has 2 aromatic rings. The van der Waals surface area contributed by atoms with Crippen LogP contribution in [0.2, 0.25) is 0 Å². The van der Waals surface area contributed by atoms with Crippen LogP contribution in [-0.4, -0.2) is 27.4 Å². The van der Waals surface area contributed by atoms with Crippen LogP contribution >= 0.6 is 0 Å². The summed E-state index contributed by atoms with van der Waals surface area (Å²) in [5, 5.41) is 0. The molecular formula is C23H25NO4S. The van der Waals surface area contributed by atoms with Crippen molar-refractivity contribution in [3.05, 3.63) is 65.7 Å². The van der Waals surface area contributed by atoms with Gasteiger partial charge in [0.2, 0.25) is 0 Å². The molecule has 0 saturated carbocycles. The van der Waals surface area contributed by atoms with E-state index in [1.54, 1.807) is 23.5 Å². The first-order valence-electron chi connectivity index (χ1n) is 9.99. The summed E-state index contributed by atoms with van der Waals surface area (Å²) in [5.74, 6) is 0.705. The van der Waals surface area contributed by atoms with Gasteiger partial charge in [-0.1, -0.05) is 31.2 Å². The number of rotatable bonds is 4. The molecule has 3 aliphatic rings. The molecule has 1 spiro atoms. The number of benzene rings is 2. The molecule has 0 radical (unpaired) electrons. The molecule has 152 valence electrons. The number of hydrogen-bond donors (Lipinski definition) is 0. The Hall–Kier alpha value is -2.31. The smallest absolute Gasteiger partial charge is 0.266 e. The Morgan fingerprint density at radius 2 is 1.97 bits per heavy atom. The summed E-state index contributed by atoms with van der Waals surface area (Å²) in [6.45, 7) is 8.42. The number of sulfonamides is 1. The Morgan fingerprint density at radius 1 is 1.24 bits per heavy atom. The van der Waals surface area contributed by atoms with Crippen LogP contribution in [-0.2, 0) is 20.2 Å². The van der Waals surface area contributed by atoms with E-state index in [2.05, 4.69) is 13.5 Å². The Labute approximate surface area is 172 Å². The molecule has 6 heteroatoms. The summed E-state index contributed by atoms with van der Waals surface area (Å²) in [5.41, 5.74) is 2.04. The number of nitrogens with zero attached hydrogens (tertiary/aromatic N) is 1. The molecule has 2 bridgehead atoms. The molecule has 2 saturated heterocycles. The molecule has 0 amide bonds. The summed E-state index contributed by atoms with van der Waals surface area (Å²) in [6, 6.07) is 12.6. The second kappa shape index (κ2) is 5.86. The van der Waals surface area contributed by atoms with Crippen molar-refractivity contribution < 1.29 is 17.9 Å². The highest BCUT2D eigenvalue weighted by atomic mass is 32.2. The van der Waals surface area contributed by atoms with Gasteiger partial charge in [0.25, 0.3) is 10.0 Å². The van der Waals surface area contributed by atoms with Gasteiger partial charge in [-0.15, -0.1) is 0 Å². The molecule has 3 heterocycles. The minimum atomic E-state index is -3.83. The van der Waals surface area contributed by atoms with Crippen LogP contribution in [0.1, 0.15) is 37.3 Å². The third kappa shape index (κ3) is 2.06. The minimum absolute atomic E-state index is 0.120. The molecule has 3 atom stereocenters. The normalized spacial score (nSPS) is 29.8. The summed E-state index contributed by atoms with van der Waals surface area (Å²) < 4.78 is 41.4. The van der Waals surface area contributed by atoms with Gasteiger partial charge in [0.15, 0.2) is 5.72 Å². The predicted octanol–water partition coefficient (Wildman–Crippen LogP) is 4.31. The highest BCUT2D eigenvalue weighted by molar-refractivity contribution is 7.93. The summed E-state index contributed by atoms with van der Waals surface area (Å²) in [6.07, 6.45) is 2.02. The van der Waals surface area contributed by atoms with E-state index in [1.165, 1.54) is 0 Å². The standard InChI is InChI=1S/C23H25NO4S/c1-5-22-16(3)21-12-13-23(22,28-21)24(20-11-8-17(27-4)14-19(20)22)29(25,26)18-9-6-15(2)7-10-18/h6-11,14,21H,3,5,12-13H2,1-2,4H3/t21-,22+,23+/m1/s1. The zero-order valence-corrected chi connectivity index (χ0v) is 17.8. The van der Waals surface area contributed by atoms with Gasteiger partial charge in [-0.05, 0) is 61.2 Å². The first kappa shape index (κ1) is 18.7. The van der Waals surface area contributed by atoms with Gasteiger partial charge in [-0.2, -0.15) is 0 Å². The van der Waals surface area contributed by atoms with Gasteiger partial charge in [-0.3, -0.25) is 0 Å². The van der Waals surface area contributed by atoms with Gasteiger partial charge in [0, 0.05) is 6.42 Å². The second-order valence-electron chi connectivity index (χ2n) is 8.18. The highest BCUT2D eigenvalue weighted by Crippen LogP contribution is 2.69. The van der Waals surface area contributed by atoms with E-state index in [4.69, 9.17) is 9.47 Å². The lowest BCUT2D eigenvalue weighted by molar-refractivity contribution is -0.00387. The molecule has 29 heavy (non-hydrogen) atoms. The molecule has 0 N–H and O–H groups in total. The highest BCUT2D eigenvalue weighted by Gasteiger charge is 2.74. The van der Waals surface area contributed by atoms with Crippen LogP contribution in [0.5, 0.6) is 5.75 Å². The Morgan fingerprint density at radius 3 is 2.62 bits per heavy atom. The molecule has 0 unspecified atom stereocenters. The van der Waals surface area contributed by atoms with E-state index in [-0.39, 0.29) is 11.0 Å². The third-order valence-electron chi connectivity index (χ3n) is 6.99. The van der Waals surface area contributed by atoms with Crippen LogP contribution in [0.4, 0.5) is 5.69 Å². The lowest BCUT2D eigenvalue weighted by atomic mass is 9.63. The van der Waals surface area contributed by atoms with Crippen molar-refractivity contribution in [2.45, 2.75) is 55.2 Å². The van der Waals surface area contributed by atoms with Gasteiger partial charge in [-0.25, -0.2) is 12.7 Å². The fourth-order valence-electron chi connectivity index (χ4n) is 5.66. The molecule has 5 nitrogen and oxygen atoms in total. The SMILES string of the molecule is C=C1[C@H]2CC[C@@]3(O2)N(S(=O)(=O)c2ccc(C)cc2)c2ccc(OC)cc2[C@]13CC. The van der Waals surface area contributed by atoms with Crippen LogP contribution in [0.25, 0.3) is 0 Å². The van der Waals surface area contributed by atoms with Crippen molar-refractivity contribution in [2.24, 2.45) is 0 Å². The lowest BCUT2D eigenvalue weighted by Crippen LogP contribution is -2.57. The second-order valence-corrected chi connectivity index (χ2v) is 9.97. The predicted molar refractivity (Wildman–Crippen MR) is 112 cm³/mol. The van der Waals surface area contributed by atoms with E-state index < -0.39 is 21.2 Å². The quantitative estimate of drug-likeness (QED) is 0.704. The van der Waals surface area contributed by atoms with Crippen LogP contribution in [0.15, 0.2) is 59.5 Å². The van der Waals surface area contributed by atoms with Crippen LogP contribution in [0, 0.1) is 6.92 Å². The number of aryl methyl sites for hydroxylation is 1. The average Bonchev–Trinajstić information content (AvgIpc) is 3.32. The van der Waals surface area contributed by atoms with Gasteiger partial charge >= 0.3 is 0 Å². The zero-order chi connectivity index (χ0) is 20.6. The lowest BCUT2D eigenvalue weighted by Gasteiger charge is -2.43. The average molecular weight is 412 g/mol. The molecule has 2 aromatic carbocycles. The molecule has 2 fully saturated rings. The number of hydrogen-bond acceptors (Lipinski definition) is 4. The largest absolute Gasteiger partial charge is 0.497 e. The van der Waals surface area contributed by atoms with Gasteiger partial charge in [0.1, 0.15) is 5.75 Å². The monoisotopic (exact) mass is 411 g/mol. The van der Waals surface area contributed by atoms with Gasteiger partial charge in [0.05, 0.1) is 29.2 Å². The molecule has 5 rings (SSSR count). The zero-order valence-electron chi connectivity index (χ0n) is 16.9. The number of anilines is 1. The summed E-state index contributed by atoms with van der Waals surface area (Å²) in [4.78, 5) is 0.274. The van der Waals surface area contributed by atoms with E-state index >= 15 is 0 Å². The molecule has 0 aliphatic carbocycles. The van der Waals surface area contributed by atoms with Crippen molar-refractivity contribution in [3.63, 3.8) is 0 Å². The molecule has 0 aromatic heterocycles. The molecule has 3 aliphatic heterocycles. The number of ether oxygens (including phenoxy) is 2. The topological polar surface area (TPSA) is 55.8 Å².